The molecule has 0 N–H and O–H groups in total. The number of benzene rings is 8. The van der Waals surface area contributed by atoms with Crippen molar-refractivity contribution in [1.82, 2.24) is 0 Å². The number of fused-ring (bicyclic) bond motifs is 17. The minimum atomic E-state index is -0.653. The molecule has 4 aliphatic rings. The second kappa shape index (κ2) is 13.2. The molecule has 8 aromatic carbocycles. The van der Waals surface area contributed by atoms with Gasteiger partial charge in [-0.15, -0.1) is 0 Å². The third kappa shape index (κ3) is 4.86. The maximum absolute atomic E-state index is 6.87. The van der Waals surface area contributed by atoms with Gasteiger partial charge in [0.05, 0.1) is 5.41 Å². The maximum atomic E-state index is 6.87. The third-order valence-electron chi connectivity index (χ3n) is 15.6. The summed E-state index contributed by atoms with van der Waals surface area (Å²) in [6.07, 6.45) is 5.28. The average molecular weight is 824 g/mol. The van der Waals surface area contributed by atoms with Crippen LogP contribution in [-0.2, 0) is 22.7 Å². The van der Waals surface area contributed by atoms with E-state index in [0.29, 0.717) is 0 Å². The summed E-state index contributed by atoms with van der Waals surface area (Å²) in [6.45, 7) is 14.8. The first-order chi connectivity index (χ1) is 31.2. The smallest absolute Gasteiger partial charge is 0.143 e. The molecule has 0 fully saturated rings. The summed E-state index contributed by atoms with van der Waals surface area (Å²) < 4.78 is 6.87. The van der Waals surface area contributed by atoms with Crippen LogP contribution in [0, 0.1) is 0 Å². The van der Waals surface area contributed by atoms with Crippen LogP contribution in [0.5, 0.6) is 0 Å². The van der Waals surface area contributed by atoms with E-state index in [-0.39, 0.29) is 10.8 Å². The van der Waals surface area contributed by atoms with E-state index >= 15 is 0 Å². The molecule has 0 aliphatic heterocycles. The van der Waals surface area contributed by atoms with Gasteiger partial charge in [0, 0.05) is 44.2 Å². The van der Waals surface area contributed by atoms with Gasteiger partial charge in [-0.05, 0) is 134 Å². The van der Waals surface area contributed by atoms with Crippen LogP contribution in [0.15, 0.2) is 198 Å². The minimum Gasteiger partial charge on any atom is -0.455 e. The molecule has 4 aliphatic carbocycles. The van der Waals surface area contributed by atoms with Gasteiger partial charge in [-0.1, -0.05) is 174 Å². The molecule has 0 saturated carbocycles. The molecule has 1 atom stereocenters. The summed E-state index contributed by atoms with van der Waals surface area (Å²) in [5, 5.41) is 2.29. The highest BCUT2D eigenvalue weighted by Gasteiger charge is 2.49. The molecule has 9 aromatic rings. The summed E-state index contributed by atoms with van der Waals surface area (Å²) in [7, 11) is 0. The highest BCUT2D eigenvalue weighted by atomic mass is 16.3. The molecule has 0 bridgehead atoms. The summed E-state index contributed by atoms with van der Waals surface area (Å²) in [4.78, 5) is 2.58. The SMILES string of the molecule is C=C1/C=C(/N(c2ccc3c(c2)C(C)(C)c2ccccc2-3)c2ccc3c(c2)C(C)(C)c2ccccc2-3)CCCc2ccccc2C12c1ccccc1-c1c2ccc2c1oc1ccccc12. The fourth-order valence-corrected chi connectivity index (χ4v) is 12.6. The zero-order valence-corrected chi connectivity index (χ0v) is 36.9. The molecule has 308 valence electrons. The minimum absolute atomic E-state index is 0.142. The van der Waals surface area contributed by atoms with Crippen LogP contribution in [-0.4, -0.2) is 0 Å². The fraction of sp³-hybridized carbons (Fsp3) is 0.161. The third-order valence-corrected chi connectivity index (χ3v) is 15.6. The largest absolute Gasteiger partial charge is 0.455 e. The van der Waals surface area contributed by atoms with Crippen molar-refractivity contribution in [3.63, 3.8) is 0 Å². The van der Waals surface area contributed by atoms with Gasteiger partial charge in [0.2, 0.25) is 0 Å². The number of hydrogen-bond acceptors (Lipinski definition) is 2. The molecule has 1 aromatic heterocycles. The summed E-state index contributed by atoms with van der Waals surface area (Å²) in [6, 6.07) is 63.7. The van der Waals surface area contributed by atoms with Crippen molar-refractivity contribution in [2.45, 2.75) is 63.2 Å². The quantitative estimate of drug-likeness (QED) is 0.176. The summed E-state index contributed by atoms with van der Waals surface area (Å²) in [5.74, 6) is 0. The number of rotatable bonds is 3. The summed E-state index contributed by atoms with van der Waals surface area (Å²) >= 11 is 0. The second-order valence-electron chi connectivity index (χ2n) is 19.6. The van der Waals surface area contributed by atoms with Gasteiger partial charge in [-0.3, -0.25) is 0 Å². The lowest BCUT2D eigenvalue weighted by atomic mass is 9.66. The van der Waals surface area contributed by atoms with Gasteiger partial charge in [0.1, 0.15) is 11.2 Å². The van der Waals surface area contributed by atoms with Crippen LogP contribution >= 0.6 is 0 Å². The van der Waals surface area contributed by atoms with E-state index in [0.717, 1.165) is 46.8 Å². The molecule has 13 rings (SSSR count). The Morgan fingerprint density at radius 2 is 1.02 bits per heavy atom. The molecule has 2 heteroatoms. The lowest BCUT2D eigenvalue weighted by Crippen LogP contribution is -2.30. The second-order valence-corrected chi connectivity index (χ2v) is 19.6. The zero-order valence-electron chi connectivity index (χ0n) is 36.9. The first-order valence-corrected chi connectivity index (χ1v) is 23.0. The Hall–Kier alpha value is -7.16. The van der Waals surface area contributed by atoms with Crippen molar-refractivity contribution in [2.24, 2.45) is 0 Å². The fourth-order valence-electron chi connectivity index (χ4n) is 12.6. The Bertz CT molecular complexity index is 3410. The predicted molar refractivity (Wildman–Crippen MR) is 266 cm³/mol. The van der Waals surface area contributed by atoms with Gasteiger partial charge >= 0.3 is 0 Å². The van der Waals surface area contributed by atoms with E-state index in [4.69, 9.17) is 11.0 Å². The van der Waals surface area contributed by atoms with Crippen LogP contribution in [0.1, 0.15) is 85.0 Å². The molecular weight excluding hydrogens is 775 g/mol. The van der Waals surface area contributed by atoms with Crippen molar-refractivity contribution in [2.75, 3.05) is 4.90 Å². The van der Waals surface area contributed by atoms with Crippen LogP contribution in [0.25, 0.3) is 55.3 Å². The van der Waals surface area contributed by atoms with E-state index in [9.17, 15) is 0 Å². The number of nitrogens with zero attached hydrogens (tertiary/aromatic N) is 1. The van der Waals surface area contributed by atoms with Crippen LogP contribution in [0.3, 0.4) is 0 Å². The van der Waals surface area contributed by atoms with Crippen molar-refractivity contribution in [1.29, 1.82) is 0 Å². The van der Waals surface area contributed by atoms with Crippen molar-refractivity contribution in [3.8, 4) is 33.4 Å². The van der Waals surface area contributed by atoms with Gasteiger partial charge in [-0.25, -0.2) is 0 Å². The Morgan fingerprint density at radius 1 is 0.469 bits per heavy atom. The van der Waals surface area contributed by atoms with Gasteiger partial charge < -0.3 is 9.32 Å². The van der Waals surface area contributed by atoms with E-state index in [1.807, 2.05) is 0 Å². The maximum Gasteiger partial charge on any atom is 0.143 e. The monoisotopic (exact) mass is 823 g/mol. The van der Waals surface area contributed by atoms with E-state index < -0.39 is 5.41 Å². The van der Waals surface area contributed by atoms with E-state index in [1.165, 1.54) is 95.0 Å². The molecule has 64 heavy (non-hydrogen) atoms. The molecule has 0 radical (unpaired) electrons. The highest BCUT2D eigenvalue weighted by Crippen LogP contribution is 2.60. The molecule has 1 unspecified atom stereocenters. The molecule has 2 nitrogen and oxygen atoms in total. The first-order valence-electron chi connectivity index (χ1n) is 23.0. The molecule has 0 saturated heterocycles. The molecular formula is C62H49NO. The standard InChI is InChI=1S/C62H49NO/c1-38-35-40(19-16-18-39-17-6-11-24-50(39)62(38)53-27-14-9-23-49(53)58-54(62)34-33-48-47-22-10-15-28-57(47)64-59(48)58)63(41-29-31-45-43-20-7-12-25-51(43)60(2,3)55(45)36-41)42-30-32-46-44-21-8-13-26-52(44)61(4,5)56(46)37-42/h6-15,17,20-37H,1,16,18-19H2,2-5H3/b40-35+. The molecule has 0 amide bonds. The normalized spacial score (nSPS) is 19.1. The Balaban J connectivity index is 1.07. The predicted octanol–water partition coefficient (Wildman–Crippen LogP) is 16.1. The Kier molecular flexibility index (Phi) is 7.71. The average Bonchev–Trinajstić information content (AvgIpc) is 3.99. The van der Waals surface area contributed by atoms with Crippen molar-refractivity contribution < 1.29 is 4.42 Å². The number of para-hydroxylation sites is 1. The zero-order chi connectivity index (χ0) is 43.1. The Labute approximate surface area is 375 Å². The number of allylic oxidation sites excluding steroid dienone is 3. The lowest BCUT2D eigenvalue weighted by molar-refractivity contribution is 0.659. The molecule has 1 heterocycles. The number of furan rings is 1. The van der Waals surface area contributed by atoms with Crippen LogP contribution in [0.2, 0.25) is 0 Å². The number of hydrogen-bond donors (Lipinski definition) is 0. The van der Waals surface area contributed by atoms with Gasteiger partial charge in [0.15, 0.2) is 0 Å². The number of anilines is 2. The van der Waals surface area contributed by atoms with E-state index in [2.05, 4.69) is 209 Å². The first kappa shape index (κ1) is 37.4. The topological polar surface area (TPSA) is 16.4 Å². The lowest BCUT2D eigenvalue weighted by Gasteiger charge is -2.36. The number of aryl methyl sites for hydroxylation is 1. The Morgan fingerprint density at radius 3 is 1.69 bits per heavy atom. The van der Waals surface area contributed by atoms with Crippen LogP contribution < -0.4 is 4.90 Å². The van der Waals surface area contributed by atoms with Crippen molar-refractivity contribution >= 4 is 33.3 Å². The van der Waals surface area contributed by atoms with Crippen LogP contribution in [0.4, 0.5) is 11.4 Å². The van der Waals surface area contributed by atoms with Gasteiger partial charge in [-0.2, -0.15) is 0 Å². The van der Waals surface area contributed by atoms with Gasteiger partial charge in [0.25, 0.3) is 0 Å². The van der Waals surface area contributed by atoms with E-state index in [1.54, 1.807) is 0 Å². The van der Waals surface area contributed by atoms with Crippen molar-refractivity contribution in [3.05, 3.63) is 238 Å². The summed E-state index contributed by atoms with van der Waals surface area (Å²) in [5.41, 5.74) is 24.0. The highest BCUT2D eigenvalue weighted by molar-refractivity contribution is 6.12. The molecule has 1 spiro atoms.